The van der Waals surface area contributed by atoms with Crippen LogP contribution in [0.5, 0.6) is 0 Å². The number of imidazole rings is 1. The first-order valence-electron chi connectivity index (χ1n) is 3.17. The Morgan fingerprint density at radius 1 is 1.55 bits per heavy atom. The lowest BCUT2D eigenvalue weighted by atomic mass is 10.4. The maximum absolute atomic E-state index is 10.7. The van der Waals surface area contributed by atoms with Gasteiger partial charge in [-0.2, -0.15) is 0 Å². The first-order chi connectivity index (χ1) is 5.36. The Kier molecular flexibility index (Phi) is 1.40. The molecule has 0 aromatic carbocycles. The smallest absolute Gasteiger partial charge is 0.245 e. The molecule has 0 aliphatic carbocycles. The van der Waals surface area contributed by atoms with Crippen molar-refractivity contribution in [2.75, 3.05) is 0 Å². The predicted molar refractivity (Wildman–Crippen MR) is 43.1 cm³/mol. The highest BCUT2D eigenvalue weighted by molar-refractivity contribution is 7.13. The molecule has 1 N–H and O–H groups in total. The second kappa shape index (κ2) is 2.39. The van der Waals surface area contributed by atoms with Crippen molar-refractivity contribution in [1.29, 1.82) is 0 Å². The normalized spacial score (nSPS) is 10.2. The van der Waals surface area contributed by atoms with E-state index >= 15 is 0 Å². The molecule has 0 amide bonds. The zero-order valence-corrected chi connectivity index (χ0v) is 6.47. The molecule has 4 heteroatoms. The quantitative estimate of drug-likeness (QED) is 0.504. The summed E-state index contributed by atoms with van der Waals surface area (Å²) in [7, 11) is 0. The topological polar surface area (TPSA) is 42.7 Å². The van der Waals surface area contributed by atoms with Crippen LogP contribution in [-0.2, 0) is 0 Å². The molecule has 11 heavy (non-hydrogen) atoms. The van der Waals surface area contributed by atoms with Gasteiger partial charge < -0.3 is 5.21 Å². The second-order valence-corrected chi connectivity index (χ2v) is 3.10. The van der Waals surface area contributed by atoms with E-state index < -0.39 is 0 Å². The summed E-state index contributed by atoms with van der Waals surface area (Å²) in [4.78, 5) is 3.95. The summed E-state index contributed by atoms with van der Waals surface area (Å²) in [5, 5.41) is 12.7. The fraction of sp³-hybridized carbons (Fsp3) is 0. The Morgan fingerprint density at radius 3 is 3.00 bits per heavy atom. The van der Waals surface area contributed by atoms with Crippen molar-refractivity contribution in [3.8, 4) is 10.6 Å². The number of nitrogens with one attached hydrogen (secondary N) is 1. The molecular weight excluding hydrogens is 160 g/mol. The molecule has 2 heterocycles. The predicted octanol–water partition coefficient (Wildman–Crippen LogP) is 1.38. The lowest BCUT2D eigenvalue weighted by molar-refractivity contribution is -0.603. The van der Waals surface area contributed by atoms with Gasteiger partial charge in [-0.1, -0.05) is 6.07 Å². The first kappa shape index (κ1) is 6.42. The van der Waals surface area contributed by atoms with Crippen molar-refractivity contribution in [2.45, 2.75) is 0 Å². The third kappa shape index (κ3) is 1.12. The van der Waals surface area contributed by atoms with Crippen LogP contribution in [0.3, 0.4) is 0 Å². The number of H-pyrrole nitrogens is 1. The van der Waals surface area contributed by atoms with Gasteiger partial charge in [-0.15, -0.1) is 11.3 Å². The summed E-state index contributed by atoms with van der Waals surface area (Å²) in [6.45, 7) is 0. The minimum Gasteiger partial charge on any atom is -0.711 e. The van der Waals surface area contributed by atoms with Crippen molar-refractivity contribution in [1.82, 2.24) is 4.98 Å². The number of aromatic amines is 1. The Hall–Kier alpha value is -1.29. The molecule has 56 valence electrons. The van der Waals surface area contributed by atoms with Gasteiger partial charge in [-0.05, 0) is 11.4 Å². The molecular formula is C7H6N2OS. The summed E-state index contributed by atoms with van der Waals surface area (Å²) in [5.41, 5.74) is 0.870. The molecule has 0 unspecified atom stereocenters. The Labute approximate surface area is 67.5 Å². The van der Waals surface area contributed by atoms with Gasteiger partial charge in [0.15, 0.2) is 5.69 Å². The van der Waals surface area contributed by atoms with Gasteiger partial charge >= 0.3 is 0 Å². The molecule has 0 bridgehead atoms. The average Bonchev–Trinajstić information content (AvgIpc) is 2.55. The molecule has 0 spiro atoms. The van der Waals surface area contributed by atoms with Gasteiger partial charge in [0.05, 0.1) is 4.88 Å². The van der Waals surface area contributed by atoms with E-state index in [1.165, 1.54) is 12.5 Å². The third-order valence-electron chi connectivity index (χ3n) is 1.39. The van der Waals surface area contributed by atoms with Crippen LogP contribution in [0.1, 0.15) is 0 Å². The molecule has 2 rings (SSSR count). The number of hydrogen-bond acceptors (Lipinski definition) is 2. The molecule has 2 aromatic heterocycles. The van der Waals surface area contributed by atoms with E-state index in [1.807, 2.05) is 17.5 Å². The summed E-state index contributed by atoms with van der Waals surface area (Å²) in [5.74, 6) is 0. The zero-order valence-electron chi connectivity index (χ0n) is 5.65. The van der Waals surface area contributed by atoms with E-state index in [0.29, 0.717) is 0 Å². The maximum Gasteiger partial charge on any atom is 0.245 e. The Balaban J connectivity index is 2.45. The molecule has 0 aliphatic rings. The molecule has 0 fully saturated rings. The number of nitrogens with zero attached hydrogens (tertiary/aromatic N) is 1. The fourth-order valence-electron chi connectivity index (χ4n) is 0.902. The first-order valence-corrected chi connectivity index (χ1v) is 4.05. The SMILES string of the molecule is [O-][n+]1c[nH]c(-c2cccs2)c1. The highest BCUT2D eigenvalue weighted by Gasteiger charge is 2.03. The van der Waals surface area contributed by atoms with Gasteiger partial charge in [-0.25, -0.2) is 9.71 Å². The van der Waals surface area contributed by atoms with E-state index in [9.17, 15) is 5.21 Å². The average molecular weight is 166 g/mol. The summed E-state index contributed by atoms with van der Waals surface area (Å²) < 4.78 is 0.759. The van der Waals surface area contributed by atoms with Gasteiger partial charge in [0, 0.05) is 0 Å². The zero-order chi connectivity index (χ0) is 7.68. The van der Waals surface area contributed by atoms with Crippen LogP contribution in [0.4, 0.5) is 0 Å². The third-order valence-corrected chi connectivity index (χ3v) is 2.29. The van der Waals surface area contributed by atoms with E-state index in [0.717, 1.165) is 15.3 Å². The van der Waals surface area contributed by atoms with Crippen molar-refractivity contribution in [3.05, 3.63) is 35.2 Å². The number of hydrogen-bond donors (Lipinski definition) is 1. The van der Waals surface area contributed by atoms with E-state index in [2.05, 4.69) is 4.98 Å². The van der Waals surface area contributed by atoms with Gasteiger partial charge in [0.2, 0.25) is 6.33 Å². The molecule has 3 nitrogen and oxygen atoms in total. The molecule has 0 saturated heterocycles. The van der Waals surface area contributed by atoms with Crippen LogP contribution >= 0.6 is 11.3 Å². The molecule has 0 saturated carbocycles. The maximum atomic E-state index is 10.7. The van der Waals surface area contributed by atoms with Crippen LogP contribution in [0.2, 0.25) is 0 Å². The highest BCUT2D eigenvalue weighted by Crippen LogP contribution is 2.20. The van der Waals surface area contributed by atoms with Crippen LogP contribution in [0.15, 0.2) is 30.0 Å². The Morgan fingerprint density at radius 2 is 2.45 bits per heavy atom. The van der Waals surface area contributed by atoms with Crippen molar-refractivity contribution < 1.29 is 4.73 Å². The van der Waals surface area contributed by atoms with E-state index in [-0.39, 0.29) is 0 Å². The molecule has 0 aliphatic heterocycles. The fourth-order valence-corrected chi connectivity index (χ4v) is 1.60. The number of rotatable bonds is 1. The Bertz CT molecular complexity index is 339. The minimum absolute atomic E-state index is 0.759. The van der Waals surface area contributed by atoms with E-state index in [4.69, 9.17) is 0 Å². The van der Waals surface area contributed by atoms with Gasteiger partial charge in [-0.3, -0.25) is 0 Å². The second-order valence-electron chi connectivity index (χ2n) is 2.15. The monoisotopic (exact) mass is 166 g/mol. The number of aromatic nitrogens is 2. The number of thiophene rings is 1. The van der Waals surface area contributed by atoms with Crippen molar-refractivity contribution >= 4 is 11.3 Å². The summed E-state index contributed by atoms with van der Waals surface area (Å²) in [6, 6.07) is 3.92. The van der Waals surface area contributed by atoms with Gasteiger partial charge in [0.25, 0.3) is 0 Å². The van der Waals surface area contributed by atoms with Crippen LogP contribution < -0.4 is 4.73 Å². The largest absolute Gasteiger partial charge is 0.711 e. The standard InChI is InChI=1S/C7H6N2OS/c10-9-4-6(8-5-9)7-2-1-3-11-7/h1-5,8H. The van der Waals surface area contributed by atoms with Crippen LogP contribution in [0.25, 0.3) is 10.6 Å². The summed E-state index contributed by atoms with van der Waals surface area (Å²) >= 11 is 1.61. The van der Waals surface area contributed by atoms with Crippen molar-refractivity contribution in [2.24, 2.45) is 0 Å². The highest BCUT2D eigenvalue weighted by atomic mass is 32.1. The van der Waals surface area contributed by atoms with Gasteiger partial charge in [0.1, 0.15) is 6.20 Å². The summed E-state index contributed by atoms with van der Waals surface area (Å²) in [6.07, 6.45) is 2.90. The molecule has 2 aromatic rings. The minimum atomic E-state index is 0.759. The van der Waals surface area contributed by atoms with Crippen LogP contribution in [0, 0.1) is 5.21 Å². The molecule has 0 atom stereocenters. The van der Waals surface area contributed by atoms with Crippen molar-refractivity contribution in [3.63, 3.8) is 0 Å². The van der Waals surface area contributed by atoms with Crippen LogP contribution in [-0.4, -0.2) is 4.98 Å². The molecule has 0 radical (unpaired) electrons. The van der Waals surface area contributed by atoms with E-state index in [1.54, 1.807) is 11.3 Å². The lowest BCUT2D eigenvalue weighted by Crippen LogP contribution is -2.20. The lowest BCUT2D eigenvalue weighted by Gasteiger charge is -1.88.